The Morgan fingerprint density at radius 2 is 1.63 bits per heavy atom. The van der Waals surface area contributed by atoms with Crippen molar-refractivity contribution in [3.63, 3.8) is 0 Å². The number of hydrogen-bond donors (Lipinski definition) is 1. The zero-order valence-corrected chi connectivity index (χ0v) is 16.9. The van der Waals surface area contributed by atoms with E-state index in [0.717, 1.165) is 44.0 Å². The molecule has 3 aromatic rings. The number of nitrogens with zero attached hydrogens (tertiary/aromatic N) is 4. The summed E-state index contributed by atoms with van der Waals surface area (Å²) in [4.78, 5) is 17.1. The second-order valence-electron chi connectivity index (χ2n) is 7.86. The van der Waals surface area contributed by atoms with E-state index >= 15 is 0 Å². The smallest absolute Gasteiger partial charge is 0.276 e. The molecule has 1 aromatic heterocycles. The van der Waals surface area contributed by atoms with Gasteiger partial charge in [-0.3, -0.25) is 4.79 Å². The third-order valence-corrected chi connectivity index (χ3v) is 5.87. The number of carbonyl (C=O) groups is 1. The Morgan fingerprint density at radius 1 is 0.833 bits per heavy atom. The Morgan fingerprint density at radius 3 is 2.40 bits per heavy atom. The Labute approximate surface area is 176 Å². The van der Waals surface area contributed by atoms with Crippen LogP contribution >= 0.6 is 0 Å². The van der Waals surface area contributed by atoms with Crippen molar-refractivity contribution in [1.29, 1.82) is 0 Å². The lowest BCUT2D eigenvalue weighted by Gasteiger charge is -2.29. The minimum atomic E-state index is -0.248. The molecule has 2 aromatic carbocycles. The standard InChI is InChI=1S/C24H25N5O/c30-24(25-19-9-11-20(12-10-19)28-15-3-4-16-28)21-13-14-23(27-26-21)29-17-5-7-18-6-1-2-8-22(18)29/h1-2,6,8-14H,3-5,7,15-17H2,(H,25,30). The molecular formula is C24H25N5O. The van der Waals surface area contributed by atoms with Gasteiger partial charge in [-0.15, -0.1) is 10.2 Å². The van der Waals surface area contributed by atoms with Crippen molar-refractivity contribution in [1.82, 2.24) is 10.2 Å². The molecule has 0 radical (unpaired) electrons. The maximum absolute atomic E-state index is 12.6. The zero-order chi connectivity index (χ0) is 20.3. The summed E-state index contributed by atoms with van der Waals surface area (Å²) in [6.45, 7) is 3.12. The van der Waals surface area contributed by atoms with E-state index in [2.05, 4.69) is 55.6 Å². The number of hydrogen-bond acceptors (Lipinski definition) is 5. The van der Waals surface area contributed by atoms with Crippen LogP contribution < -0.4 is 15.1 Å². The molecular weight excluding hydrogens is 374 g/mol. The number of rotatable bonds is 4. The second-order valence-corrected chi connectivity index (χ2v) is 7.86. The van der Waals surface area contributed by atoms with Gasteiger partial charge in [0.15, 0.2) is 11.5 Å². The molecule has 3 heterocycles. The number of para-hydroxylation sites is 1. The molecule has 1 N–H and O–H groups in total. The summed E-state index contributed by atoms with van der Waals surface area (Å²) in [5.74, 6) is 0.524. The first-order valence-electron chi connectivity index (χ1n) is 10.6. The number of aryl methyl sites for hydroxylation is 1. The van der Waals surface area contributed by atoms with Gasteiger partial charge in [-0.2, -0.15) is 0 Å². The fraction of sp³-hybridized carbons (Fsp3) is 0.292. The van der Waals surface area contributed by atoms with Gasteiger partial charge >= 0.3 is 0 Å². The lowest BCUT2D eigenvalue weighted by atomic mass is 10.0. The number of aromatic nitrogens is 2. The van der Waals surface area contributed by atoms with Gasteiger partial charge in [0.1, 0.15) is 0 Å². The first-order valence-corrected chi connectivity index (χ1v) is 10.6. The highest BCUT2D eigenvalue weighted by atomic mass is 16.1. The van der Waals surface area contributed by atoms with Crippen LogP contribution in [0.3, 0.4) is 0 Å². The monoisotopic (exact) mass is 399 g/mol. The number of fused-ring (bicyclic) bond motifs is 1. The molecule has 0 atom stereocenters. The van der Waals surface area contributed by atoms with E-state index in [1.54, 1.807) is 6.07 Å². The van der Waals surface area contributed by atoms with Gasteiger partial charge in [-0.25, -0.2) is 0 Å². The summed E-state index contributed by atoms with van der Waals surface area (Å²) in [6.07, 6.45) is 4.65. The summed E-state index contributed by atoms with van der Waals surface area (Å²) in [5.41, 5.74) is 4.78. The van der Waals surface area contributed by atoms with E-state index in [1.165, 1.54) is 29.8 Å². The molecule has 1 fully saturated rings. The van der Waals surface area contributed by atoms with Gasteiger partial charge in [0.05, 0.1) is 0 Å². The molecule has 5 rings (SSSR count). The van der Waals surface area contributed by atoms with E-state index in [-0.39, 0.29) is 5.91 Å². The van der Waals surface area contributed by atoms with Crippen LogP contribution in [0.25, 0.3) is 0 Å². The SMILES string of the molecule is O=C(Nc1ccc(N2CCCC2)cc1)c1ccc(N2CCCc3ccccc32)nn1. The maximum atomic E-state index is 12.6. The molecule has 152 valence electrons. The third kappa shape index (κ3) is 3.73. The fourth-order valence-corrected chi connectivity index (χ4v) is 4.29. The van der Waals surface area contributed by atoms with Crippen LogP contribution in [0.5, 0.6) is 0 Å². The van der Waals surface area contributed by atoms with E-state index in [4.69, 9.17) is 0 Å². The summed E-state index contributed by atoms with van der Waals surface area (Å²) in [7, 11) is 0. The Balaban J connectivity index is 1.27. The number of carbonyl (C=O) groups excluding carboxylic acids is 1. The van der Waals surface area contributed by atoms with Gasteiger partial charge < -0.3 is 15.1 Å². The van der Waals surface area contributed by atoms with Gasteiger partial charge in [0.25, 0.3) is 5.91 Å². The minimum absolute atomic E-state index is 0.248. The maximum Gasteiger partial charge on any atom is 0.276 e. The summed E-state index contributed by atoms with van der Waals surface area (Å²) >= 11 is 0. The van der Waals surface area contributed by atoms with Crippen LogP contribution in [0.2, 0.25) is 0 Å². The van der Waals surface area contributed by atoms with Gasteiger partial charge in [0, 0.05) is 36.7 Å². The van der Waals surface area contributed by atoms with E-state index in [1.807, 2.05) is 24.3 Å². The van der Waals surface area contributed by atoms with Gasteiger partial charge in [-0.1, -0.05) is 18.2 Å². The molecule has 0 unspecified atom stereocenters. The van der Waals surface area contributed by atoms with Gasteiger partial charge in [0.2, 0.25) is 0 Å². The number of anilines is 4. The van der Waals surface area contributed by atoms with Crippen LogP contribution in [-0.2, 0) is 6.42 Å². The fourth-order valence-electron chi connectivity index (χ4n) is 4.29. The lowest BCUT2D eigenvalue weighted by molar-refractivity contribution is 0.102. The van der Waals surface area contributed by atoms with E-state index in [0.29, 0.717) is 5.69 Å². The highest BCUT2D eigenvalue weighted by molar-refractivity contribution is 6.02. The van der Waals surface area contributed by atoms with Crippen LogP contribution in [0.15, 0.2) is 60.7 Å². The van der Waals surface area contributed by atoms with Crippen molar-refractivity contribution >= 4 is 28.8 Å². The predicted molar refractivity (Wildman–Crippen MR) is 120 cm³/mol. The Hall–Kier alpha value is -3.41. The van der Waals surface area contributed by atoms with Crippen molar-refractivity contribution in [3.8, 4) is 0 Å². The average Bonchev–Trinajstić information content (AvgIpc) is 3.34. The van der Waals surface area contributed by atoms with Crippen molar-refractivity contribution in [3.05, 3.63) is 71.9 Å². The first kappa shape index (κ1) is 18.6. The summed E-state index contributed by atoms with van der Waals surface area (Å²) in [5, 5.41) is 11.4. The minimum Gasteiger partial charge on any atom is -0.372 e. The van der Waals surface area contributed by atoms with Crippen molar-refractivity contribution < 1.29 is 4.79 Å². The Kier molecular flexibility index (Phi) is 5.05. The molecule has 30 heavy (non-hydrogen) atoms. The molecule has 2 aliphatic rings. The zero-order valence-electron chi connectivity index (χ0n) is 16.9. The quantitative estimate of drug-likeness (QED) is 0.704. The van der Waals surface area contributed by atoms with Crippen LogP contribution in [0.4, 0.5) is 22.9 Å². The first-order chi connectivity index (χ1) is 14.8. The third-order valence-electron chi connectivity index (χ3n) is 5.87. The molecule has 0 spiro atoms. The molecule has 6 nitrogen and oxygen atoms in total. The van der Waals surface area contributed by atoms with E-state index < -0.39 is 0 Å². The topological polar surface area (TPSA) is 61.4 Å². The van der Waals surface area contributed by atoms with Crippen molar-refractivity contribution in [2.45, 2.75) is 25.7 Å². The second kappa shape index (κ2) is 8.14. The molecule has 0 aliphatic carbocycles. The average molecular weight is 399 g/mol. The molecule has 1 saturated heterocycles. The van der Waals surface area contributed by atoms with E-state index in [9.17, 15) is 4.79 Å². The highest BCUT2D eigenvalue weighted by Crippen LogP contribution is 2.31. The Bertz CT molecular complexity index is 1030. The largest absolute Gasteiger partial charge is 0.372 e. The van der Waals surface area contributed by atoms with Gasteiger partial charge in [-0.05, 0) is 73.7 Å². The molecule has 6 heteroatoms. The normalized spacial score (nSPS) is 15.7. The van der Waals surface area contributed by atoms with Crippen molar-refractivity contribution in [2.24, 2.45) is 0 Å². The lowest BCUT2D eigenvalue weighted by Crippen LogP contribution is -2.26. The molecule has 0 saturated carbocycles. The summed E-state index contributed by atoms with van der Waals surface area (Å²) in [6, 6.07) is 20.0. The van der Waals surface area contributed by atoms with Crippen LogP contribution in [0, 0.1) is 0 Å². The van der Waals surface area contributed by atoms with Crippen LogP contribution in [0.1, 0.15) is 35.3 Å². The number of amides is 1. The molecule has 1 amide bonds. The molecule has 0 bridgehead atoms. The number of benzene rings is 2. The highest BCUT2D eigenvalue weighted by Gasteiger charge is 2.20. The summed E-state index contributed by atoms with van der Waals surface area (Å²) < 4.78 is 0. The van der Waals surface area contributed by atoms with Crippen molar-refractivity contribution in [2.75, 3.05) is 34.8 Å². The van der Waals surface area contributed by atoms with Crippen LogP contribution in [-0.4, -0.2) is 35.7 Å². The number of nitrogens with one attached hydrogen (secondary N) is 1. The predicted octanol–water partition coefficient (Wildman–Crippen LogP) is 4.41. The molecule has 2 aliphatic heterocycles.